The first-order chi connectivity index (χ1) is 3.80. The molecule has 0 saturated carbocycles. The van der Waals surface area contributed by atoms with E-state index in [2.05, 4.69) is 0 Å². The van der Waals surface area contributed by atoms with Crippen LogP contribution in [0.5, 0.6) is 0 Å². The molecule has 1 aliphatic rings. The molecule has 0 bridgehead atoms. The summed E-state index contributed by atoms with van der Waals surface area (Å²) in [5.41, 5.74) is 0. The van der Waals surface area contributed by atoms with Gasteiger partial charge in [-0.2, -0.15) is 0 Å². The minimum atomic E-state index is 0.454. The number of hydrazine groups is 1. The third-order valence-electron chi connectivity index (χ3n) is 1.48. The number of nitrogens with zero attached hydrogens (tertiary/aromatic N) is 1. The molecule has 0 amide bonds. The normalized spacial score (nSPS) is 29.6. The smallest absolute Gasteiger partial charge is 0.0636 e. The van der Waals surface area contributed by atoms with Crippen LogP contribution in [-0.2, 0) is 4.74 Å². The van der Waals surface area contributed by atoms with E-state index in [4.69, 9.17) is 10.6 Å². The van der Waals surface area contributed by atoms with Gasteiger partial charge in [0, 0.05) is 19.7 Å². The maximum atomic E-state index is 5.45. The van der Waals surface area contributed by atoms with Crippen LogP contribution in [0.1, 0.15) is 6.42 Å². The highest BCUT2D eigenvalue weighted by atomic mass is 16.5. The number of ether oxygens (including phenoxy) is 1. The first-order valence-electron chi connectivity index (χ1n) is 2.86. The second-order valence-electron chi connectivity index (χ2n) is 2.18. The lowest BCUT2D eigenvalue weighted by Crippen LogP contribution is -2.37. The quantitative estimate of drug-likeness (QED) is 0.373. The molecule has 0 aliphatic carbocycles. The van der Waals surface area contributed by atoms with Crippen LogP contribution in [0.4, 0.5) is 0 Å². The molecule has 0 spiro atoms. The predicted octanol–water partition coefficient (Wildman–Crippen LogP) is -0.419. The Hall–Kier alpha value is -0.120. The fourth-order valence-electron chi connectivity index (χ4n) is 0.843. The molecular weight excluding hydrogens is 104 g/mol. The van der Waals surface area contributed by atoms with E-state index in [1.807, 2.05) is 7.05 Å². The van der Waals surface area contributed by atoms with Crippen molar-refractivity contribution in [1.82, 2.24) is 5.01 Å². The van der Waals surface area contributed by atoms with Crippen molar-refractivity contribution >= 4 is 0 Å². The third-order valence-corrected chi connectivity index (χ3v) is 1.48. The van der Waals surface area contributed by atoms with Crippen LogP contribution < -0.4 is 5.84 Å². The van der Waals surface area contributed by atoms with Crippen LogP contribution in [-0.4, -0.2) is 31.3 Å². The zero-order valence-electron chi connectivity index (χ0n) is 5.13. The van der Waals surface area contributed by atoms with E-state index >= 15 is 0 Å². The molecule has 1 fully saturated rings. The Kier molecular flexibility index (Phi) is 1.83. The van der Waals surface area contributed by atoms with Gasteiger partial charge in [0.1, 0.15) is 0 Å². The van der Waals surface area contributed by atoms with Crippen LogP contribution in [0.2, 0.25) is 0 Å². The molecule has 0 radical (unpaired) electrons. The molecule has 1 unspecified atom stereocenters. The predicted molar refractivity (Wildman–Crippen MR) is 31.2 cm³/mol. The van der Waals surface area contributed by atoms with E-state index in [0.29, 0.717) is 6.04 Å². The number of rotatable bonds is 1. The van der Waals surface area contributed by atoms with Gasteiger partial charge in [-0.05, 0) is 6.42 Å². The van der Waals surface area contributed by atoms with Gasteiger partial charge >= 0.3 is 0 Å². The molecule has 3 nitrogen and oxygen atoms in total. The van der Waals surface area contributed by atoms with E-state index in [0.717, 1.165) is 19.6 Å². The molecule has 48 valence electrons. The van der Waals surface area contributed by atoms with Gasteiger partial charge in [-0.1, -0.05) is 0 Å². The summed E-state index contributed by atoms with van der Waals surface area (Å²) in [5, 5.41) is 1.72. The summed E-state index contributed by atoms with van der Waals surface area (Å²) in [7, 11) is 1.87. The summed E-state index contributed by atoms with van der Waals surface area (Å²) in [5.74, 6) is 5.45. The Morgan fingerprint density at radius 1 is 1.75 bits per heavy atom. The summed E-state index contributed by atoms with van der Waals surface area (Å²) in [6.07, 6.45) is 1.08. The second kappa shape index (κ2) is 2.44. The molecule has 1 rings (SSSR count). The summed E-state index contributed by atoms with van der Waals surface area (Å²) in [6.45, 7) is 1.67. The first-order valence-corrected chi connectivity index (χ1v) is 2.86. The SMILES string of the molecule is CN(N)C1CCOC1. The van der Waals surface area contributed by atoms with E-state index < -0.39 is 0 Å². The van der Waals surface area contributed by atoms with E-state index in [1.54, 1.807) is 5.01 Å². The lowest BCUT2D eigenvalue weighted by Gasteiger charge is -2.15. The van der Waals surface area contributed by atoms with Crippen LogP contribution in [0.3, 0.4) is 0 Å². The van der Waals surface area contributed by atoms with Crippen molar-refractivity contribution in [3.8, 4) is 0 Å². The molecule has 1 heterocycles. The van der Waals surface area contributed by atoms with E-state index in [1.165, 1.54) is 0 Å². The zero-order valence-corrected chi connectivity index (χ0v) is 5.13. The summed E-state index contributed by atoms with van der Waals surface area (Å²) < 4.78 is 5.10. The van der Waals surface area contributed by atoms with Crippen molar-refractivity contribution in [2.45, 2.75) is 12.5 Å². The molecule has 0 aromatic rings. The minimum absolute atomic E-state index is 0.454. The maximum absolute atomic E-state index is 5.45. The van der Waals surface area contributed by atoms with Gasteiger partial charge in [-0.25, -0.2) is 5.01 Å². The van der Waals surface area contributed by atoms with Gasteiger partial charge in [-0.3, -0.25) is 5.84 Å². The largest absolute Gasteiger partial charge is 0.380 e. The Morgan fingerprint density at radius 2 is 2.50 bits per heavy atom. The Morgan fingerprint density at radius 3 is 2.75 bits per heavy atom. The molecule has 8 heavy (non-hydrogen) atoms. The van der Waals surface area contributed by atoms with Crippen LogP contribution >= 0.6 is 0 Å². The van der Waals surface area contributed by atoms with Gasteiger partial charge in [0.2, 0.25) is 0 Å². The number of nitrogens with two attached hydrogens (primary N) is 1. The lowest BCUT2D eigenvalue weighted by atomic mass is 10.3. The number of hydrogen-bond acceptors (Lipinski definition) is 3. The Balaban J connectivity index is 2.24. The van der Waals surface area contributed by atoms with Gasteiger partial charge < -0.3 is 4.74 Å². The highest BCUT2D eigenvalue weighted by molar-refractivity contribution is 4.68. The second-order valence-corrected chi connectivity index (χ2v) is 2.18. The highest BCUT2D eigenvalue weighted by Crippen LogP contribution is 2.06. The van der Waals surface area contributed by atoms with Gasteiger partial charge in [-0.15, -0.1) is 0 Å². The monoisotopic (exact) mass is 116 g/mol. The maximum Gasteiger partial charge on any atom is 0.0636 e. The highest BCUT2D eigenvalue weighted by Gasteiger charge is 2.16. The van der Waals surface area contributed by atoms with E-state index in [9.17, 15) is 0 Å². The average Bonchev–Trinajstić information content (AvgIpc) is 2.12. The van der Waals surface area contributed by atoms with E-state index in [-0.39, 0.29) is 0 Å². The molecule has 1 aliphatic heterocycles. The molecule has 1 atom stereocenters. The molecule has 0 aromatic carbocycles. The third kappa shape index (κ3) is 1.18. The van der Waals surface area contributed by atoms with Crippen LogP contribution in [0, 0.1) is 0 Å². The van der Waals surface area contributed by atoms with Gasteiger partial charge in [0.05, 0.1) is 6.61 Å². The molecule has 1 saturated heterocycles. The molecule has 2 N–H and O–H groups in total. The standard InChI is InChI=1S/C5H12N2O/c1-7(6)5-2-3-8-4-5/h5H,2-4,6H2,1H3. The fraction of sp³-hybridized carbons (Fsp3) is 1.00. The molecule has 3 heteroatoms. The van der Waals surface area contributed by atoms with Crippen molar-refractivity contribution < 1.29 is 4.74 Å². The number of likely N-dealkylation sites (N-methyl/N-ethyl adjacent to an activating group) is 1. The van der Waals surface area contributed by atoms with Gasteiger partial charge in [0.15, 0.2) is 0 Å². The summed E-state index contributed by atoms with van der Waals surface area (Å²) >= 11 is 0. The molecule has 0 aromatic heterocycles. The summed E-state index contributed by atoms with van der Waals surface area (Å²) in [6, 6.07) is 0.454. The van der Waals surface area contributed by atoms with Gasteiger partial charge in [0.25, 0.3) is 0 Å². The van der Waals surface area contributed by atoms with Crippen LogP contribution in [0.15, 0.2) is 0 Å². The average molecular weight is 116 g/mol. The lowest BCUT2D eigenvalue weighted by molar-refractivity contribution is 0.160. The first kappa shape index (κ1) is 6.01. The van der Waals surface area contributed by atoms with Crippen molar-refractivity contribution in [1.29, 1.82) is 0 Å². The Bertz CT molecular complexity index is 68.8. The van der Waals surface area contributed by atoms with Crippen LogP contribution in [0.25, 0.3) is 0 Å². The number of hydrogen-bond donors (Lipinski definition) is 1. The summed E-state index contributed by atoms with van der Waals surface area (Å²) in [4.78, 5) is 0. The fourth-order valence-corrected chi connectivity index (χ4v) is 0.843. The van der Waals surface area contributed by atoms with Crippen molar-refractivity contribution in [2.75, 3.05) is 20.3 Å². The minimum Gasteiger partial charge on any atom is -0.380 e. The van der Waals surface area contributed by atoms with Crippen molar-refractivity contribution in [3.63, 3.8) is 0 Å². The van der Waals surface area contributed by atoms with Crippen molar-refractivity contribution in [3.05, 3.63) is 0 Å². The molecular formula is C5H12N2O. The van der Waals surface area contributed by atoms with Crippen molar-refractivity contribution in [2.24, 2.45) is 5.84 Å². The Labute approximate surface area is 49.4 Å². The zero-order chi connectivity index (χ0) is 5.98. The topological polar surface area (TPSA) is 38.5 Å².